The number of para-hydroxylation sites is 2. The summed E-state index contributed by atoms with van der Waals surface area (Å²) in [6.07, 6.45) is 0.0343. The highest BCUT2D eigenvalue weighted by Gasteiger charge is 2.23. The van der Waals surface area contributed by atoms with Crippen molar-refractivity contribution in [3.8, 4) is 11.5 Å². The van der Waals surface area contributed by atoms with Gasteiger partial charge < -0.3 is 24.3 Å². The van der Waals surface area contributed by atoms with Crippen molar-refractivity contribution in [2.24, 2.45) is 0 Å². The standard InChI is InChI=1S/C28H33NO5/c1-21(34-19-22-9-5-4-6-10-22)27(29-26-11-7-8-12-28(26)32-3)17-24(30)20-33-18-23-13-15-25(31-2)16-14-23/h4-16,21,27,29H,17-20H2,1-3H3/t21-,27?/m0/s1. The van der Waals surface area contributed by atoms with Crippen LogP contribution in [-0.2, 0) is 27.5 Å². The second kappa shape index (κ2) is 13.4. The van der Waals surface area contributed by atoms with Gasteiger partial charge in [-0.25, -0.2) is 0 Å². The predicted octanol–water partition coefficient (Wildman–Crippen LogP) is 5.27. The zero-order chi connectivity index (χ0) is 24.2. The molecule has 6 nitrogen and oxygen atoms in total. The molecule has 0 aliphatic carbocycles. The molecule has 180 valence electrons. The molecule has 0 amide bonds. The normalized spacial score (nSPS) is 12.6. The molecule has 0 aromatic heterocycles. The van der Waals surface area contributed by atoms with E-state index < -0.39 is 0 Å². The molecule has 34 heavy (non-hydrogen) atoms. The van der Waals surface area contributed by atoms with Crippen molar-refractivity contribution in [3.63, 3.8) is 0 Å². The van der Waals surface area contributed by atoms with Crippen molar-refractivity contribution in [1.29, 1.82) is 0 Å². The lowest BCUT2D eigenvalue weighted by molar-refractivity contribution is -0.125. The first kappa shape index (κ1) is 25.3. The van der Waals surface area contributed by atoms with Gasteiger partial charge in [0.1, 0.15) is 18.1 Å². The van der Waals surface area contributed by atoms with E-state index in [1.165, 1.54) is 0 Å². The molecule has 0 aliphatic heterocycles. The second-order valence-electron chi connectivity index (χ2n) is 8.04. The summed E-state index contributed by atoms with van der Waals surface area (Å²) in [5.74, 6) is 1.50. The zero-order valence-corrected chi connectivity index (χ0v) is 20.0. The molecule has 2 atom stereocenters. The molecule has 0 saturated heterocycles. The molecule has 0 bridgehead atoms. The van der Waals surface area contributed by atoms with Gasteiger partial charge in [0, 0.05) is 6.42 Å². The number of hydrogen-bond acceptors (Lipinski definition) is 6. The number of Topliss-reactive ketones (excluding diaryl/α,β-unsaturated/α-hetero) is 1. The Labute approximate surface area is 201 Å². The lowest BCUT2D eigenvalue weighted by Gasteiger charge is -2.27. The van der Waals surface area contributed by atoms with Crippen LogP contribution in [0.5, 0.6) is 11.5 Å². The van der Waals surface area contributed by atoms with Gasteiger partial charge in [0.2, 0.25) is 0 Å². The smallest absolute Gasteiger partial charge is 0.160 e. The molecule has 0 heterocycles. The first-order valence-electron chi connectivity index (χ1n) is 11.4. The highest BCUT2D eigenvalue weighted by molar-refractivity contribution is 5.81. The number of anilines is 1. The van der Waals surface area contributed by atoms with E-state index in [0.717, 1.165) is 22.6 Å². The molecule has 0 aliphatic rings. The van der Waals surface area contributed by atoms with Gasteiger partial charge in [-0.05, 0) is 42.3 Å². The molecule has 3 aromatic carbocycles. The van der Waals surface area contributed by atoms with Gasteiger partial charge >= 0.3 is 0 Å². The number of ketones is 1. The Morgan fingerprint density at radius 2 is 1.50 bits per heavy atom. The minimum Gasteiger partial charge on any atom is -0.497 e. The quantitative estimate of drug-likeness (QED) is 0.352. The molecule has 0 fully saturated rings. The molecule has 0 radical (unpaired) electrons. The van der Waals surface area contributed by atoms with E-state index >= 15 is 0 Å². The minimum absolute atomic E-state index is 0.00364. The van der Waals surface area contributed by atoms with Crippen LogP contribution in [0, 0.1) is 0 Å². The van der Waals surface area contributed by atoms with Crippen molar-refractivity contribution in [3.05, 3.63) is 90.0 Å². The van der Waals surface area contributed by atoms with Crippen LogP contribution in [0.3, 0.4) is 0 Å². The van der Waals surface area contributed by atoms with Crippen molar-refractivity contribution in [1.82, 2.24) is 0 Å². The predicted molar refractivity (Wildman–Crippen MR) is 133 cm³/mol. The summed E-state index contributed by atoms with van der Waals surface area (Å²) in [7, 11) is 3.26. The van der Waals surface area contributed by atoms with E-state index in [-0.39, 0.29) is 31.0 Å². The van der Waals surface area contributed by atoms with Crippen LogP contribution >= 0.6 is 0 Å². The molecular weight excluding hydrogens is 430 g/mol. The fourth-order valence-electron chi connectivity index (χ4n) is 3.52. The van der Waals surface area contributed by atoms with E-state index in [9.17, 15) is 4.79 Å². The van der Waals surface area contributed by atoms with Gasteiger partial charge in [0.15, 0.2) is 5.78 Å². The average molecular weight is 464 g/mol. The largest absolute Gasteiger partial charge is 0.497 e. The fourth-order valence-corrected chi connectivity index (χ4v) is 3.52. The van der Waals surface area contributed by atoms with Crippen LogP contribution in [0.15, 0.2) is 78.9 Å². The van der Waals surface area contributed by atoms with Gasteiger partial charge in [-0.1, -0.05) is 54.6 Å². The number of benzene rings is 3. The Morgan fingerprint density at radius 3 is 2.21 bits per heavy atom. The van der Waals surface area contributed by atoms with E-state index in [2.05, 4.69) is 5.32 Å². The van der Waals surface area contributed by atoms with E-state index in [1.54, 1.807) is 14.2 Å². The Morgan fingerprint density at radius 1 is 0.824 bits per heavy atom. The van der Waals surface area contributed by atoms with Gasteiger partial charge in [0.05, 0.1) is 45.3 Å². The fraction of sp³-hybridized carbons (Fsp3) is 0.321. The number of ether oxygens (including phenoxy) is 4. The summed E-state index contributed by atoms with van der Waals surface area (Å²) in [6, 6.07) is 25.0. The summed E-state index contributed by atoms with van der Waals surface area (Å²) in [6.45, 7) is 2.83. The van der Waals surface area contributed by atoms with Crippen molar-refractivity contribution in [2.45, 2.75) is 38.7 Å². The summed E-state index contributed by atoms with van der Waals surface area (Å²) < 4.78 is 22.4. The summed E-state index contributed by atoms with van der Waals surface area (Å²) in [4.78, 5) is 12.8. The Kier molecular flexibility index (Phi) is 9.95. The number of rotatable bonds is 14. The van der Waals surface area contributed by atoms with Crippen molar-refractivity contribution >= 4 is 11.5 Å². The molecule has 1 unspecified atom stereocenters. The van der Waals surface area contributed by atoms with Crippen LogP contribution in [0.25, 0.3) is 0 Å². The van der Waals surface area contributed by atoms with Crippen LogP contribution < -0.4 is 14.8 Å². The van der Waals surface area contributed by atoms with Crippen LogP contribution in [0.1, 0.15) is 24.5 Å². The Hall–Kier alpha value is -3.35. The maximum absolute atomic E-state index is 12.8. The molecular formula is C28H33NO5. The minimum atomic E-state index is -0.253. The lowest BCUT2D eigenvalue weighted by Crippen LogP contribution is -2.36. The van der Waals surface area contributed by atoms with E-state index in [1.807, 2.05) is 85.8 Å². The molecule has 1 N–H and O–H groups in total. The second-order valence-corrected chi connectivity index (χ2v) is 8.04. The topological polar surface area (TPSA) is 66.0 Å². The molecule has 6 heteroatoms. The monoisotopic (exact) mass is 463 g/mol. The van der Waals surface area contributed by atoms with Gasteiger partial charge in [-0.2, -0.15) is 0 Å². The highest BCUT2D eigenvalue weighted by atomic mass is 16.5. The molecule has 3 rings (SSSR count). The first-order chi connectivity index (χ1) is 16.6. The number of hydrogen-bond donors (Lipinski definition) is 1. The summed E-state index contributed by atoms with van der Waals surface area (Å²) in [5.41, 5.74) is 2.88. The maximum atomic E-state index is 12.8. The van der Waals surface area contributed by atoms with Crippen LogP contribution in [-0.4, -0.2) is 38.8 Å². The van der Waals surface area contributed by atoms with Gasteiger partial charge in [-0.3, -0.25) is 4.79 Å². The van der Waals surface area contributed by atoms with Gasteiger partial charge in [0.25, 0.3) is 0 Å². The number of nitrogens with one attached hydrogen (secondary N) is 1. The molecule has 0 saturated carbocycles. The van der Waals surface area contributed by atoms with E-state index in [4.69, 9.17) is 18.9 Å². The number of methoxy groups -OCH3 is 2. The van der Waals surface area contributed by atoms with Crippen molar-refractivity contribution < 1.29 is 23.7 Å². The Balaban J connectivity index is 1.59. The summed E-state index contributed by atoms with van der Waals surface area (Å²) >= 11 is 0. The summed E-state index contributed by atoms with van der Waals surface area (Å²) in [5, 5.41) is 3.45. The third kappa shape index (κ3) is 7.90. The maximum Gasteiger partial charge on any atom is 0.160 e. The van der Waals surface area contributed by atoms with Crippen molar-refractivity contribution in [2.75, 3.05) is 26.1 Å². The number of carbonyl (C=O) groups is 1. The molecule has 0 spiro atoms. The highest BCUT2D eigenvalue weighted by Crippen LogP contribution is 2.26. The third-order valence-corrected chi connectivity index (χ3v) is 5.51. The average Bonchev–Trinajstić information content (AvgIpc) is 2.88. The number of carbonyl (C=O) groups excluding carboxylic acids is 1. The van der Waals surface area contributed by atoms with Crippen LogP contribution in [0.4, 0.5) is 5.69 Å². The third-order valence-electron chi connectivity index (χ3n) is 5.51. The van der Waals surface area contributed by atoms with Gasteiger partial charge in [-0.15, -0.1) is 0 Å². The Bertz CT molecular complexity index is 1010. The molecule has 3 aromatic rings. The van der Waals surface area contributed by atoms with E-state index in [0.29, 0.717) is 19.0 Å². The lowest BCUT2D eigenvalue weighted by atomic mass is 10.0. The SMILES string of the molecule is COc1ccc(COCC(=O)CC(Nc2ccccc2OC)[C@H](C)OCc2ccccc2)cc1. The first-order valence-corrected chi connectivity index (χ1v) is 11.4. The van der Waals surface area contributed by atoms with Crippen LogP contribution in [0.2, 0.25) is 0 Å². The zero-order valence-electron chi connectivity index (χ0n) is 20.0.